The van der Waals surface area contributed by atoms with Crippen molar-refractivity contribution >= 4 is 0 Å². The average molecular weight is 150 g/mol. The second-order valence-electron chi connectivity index (χ2n) is 2.81. The van der Waals surface area contributed by atoms with E-state index in [0.29, 0.717) is 5.92 Å². The first-order valence-corrected chi connectivity index (χ1v) is 3.73. The summed E-state index contributed by atoms with van der Waals surface area (Å²) >= 11 is 0. The van der Waals surface area contributed by atoms with E-state index >= 15 is 0 Å². The van der Waals surface area contributed by atoms with Gasteiger partial charge in [-0.2, -0.15) is 0 Å². The summed E-state index contributed by atoms with van der Waals surface area (Å²) in [5, 5.41) is 0. The van der Waals surface area contributed by atoms with Crippen molar-refractivity contribution in [3.8, 4) is 5.75 Å². The summed E-state index contributed by atoms with van der Waals surface area (Å²) < 4.78 is 5.35. The molecule has 2 nitrogen and oxygen atoms in total. The number of aromatic nitrogens is 1. The molecular formula is C9H12NO. The van der Waals surface area contributed by atoms with Crippen molar-refractivity contribution in [2.75, 3.05) is 6.61 Å². The zero-order chi connectivity index (χ0) is 8.10. The maximum absolute atomic E-state index is 5.35. The van der Waals surface area contributed by atoms with Crippen LogP contribution in [0.2, 0.25) is 0 Å². The van der Waals surface area contributed by atoms with E-state index < -0.39 is 0 Å². The quantitative estimate of drug-likeness (QED) is 0.656. The number of pyridine rings is 1. The highest BCUT2D eigenvalue weighted by Crippen LogP contribution is 2.06. The second kappa shape index (κ2) is 3.96. The largest absolute Gasteiger partial charge is 0.491 e. The van der Waals surface area contributed by atoms with Gasteiger partial charge in [-0.15, -0.1) is 0 Å². The summed E-state index contributed by atoms with van der Waals surface area (Å²) in [6.45, 7) is 4.94. The van der Waals surface area contributed by atoms with Gasteiger partial charge in [-0.25, -0.2) is 0 Å². The molecule has 1 radical (unpaired) electrons. The van der Waals surface area contributed by atoms with Gasteiger partial charge in [0.15, 0.2) is 0 Å². The van der Waals surface area contributed by atoms with Crippen molar-refractivity contribution in [1.82, 2.24) is 4.98 Å². The normalized spacial score (nSPS) is 10.1. The first-order valence-electron chi connectivity index (χ1n) is 3.73. The van der Waals surface area contributed by atoms with Crippen LogP contribution in [-0.4, -0.2) is 11.6 Å². The molecule has 0 saturated heterocycles. The highest BCUT2D eigenvalue weighted by molar-refractivity contribution is 5.13. The highest BCUT2D eigenvalue weighted by Gasteiger charge is 1.95. The van der Waals surface area contributed by atoms with Crippen molar-refractivity contribution in [3.63, 3.8) is 0 Å². The Morgan fingerprint density at radius 3 is 3.00 bits per heavy atom. The molecule has 1 rings (SSSR count). The molecule has 1 aromatic rings. The minimum atomic E-state index is 0.545. The minimum Gasteiger partial charge on any atom is -0.491 e. The van der Waals surface area contributed by atoms with Crippen molar-refractivity contribution in [2.45, 2.75) is 13.8 Å². The first kappa shape index (κ1) is 8.05. The zero-order valence-corrected chi connectivity index (χ0v) is 6.87. The average Bonchev–Trinajstić information content (AvgIpc) is 2.03. The molecule has 0 bridgehead atoms. The van der Waals surface area contributed by atoms with Gasteiger partial charge in [0.05, 0.1) is 12.8 Å². The van der Waals surface area contributed by atoms with Gasteiger partial charge in [-0.3, -0.25) is 4.98 Å². The lowest BCUT2D eigenvalue weighted by Gasteiger charge is -2.06. The van der Waals surface area contributed by atoms with Gasteiger partial charge in [0, 0.05) is 12.3 Å². The van der Waals surface area contributed by atoms with Gasteiger partial charge in [0.1, 0.15) is 5.75 Å². The first-order chi connectivity index (χ1) is 5.29. The number of nitrogens with zero attached hydrogens (tertiary/aromatic N) is 1. The molecule has 59 valence electrons. The number of rotatable bonds is 3. The molecule has 11 heavy (non-hydrogen) atoms. The smallest absolute Gasteiger partial charge is 0.145 e. The van der Waals surface area contributed by atoms with Crippen LogP contribution in [0, 0.1) is 12.0 Å². The van der Waals surface area contributed by atoms with Crippen LogP contribution in [0.25, 0.3) is 0 Å². The molecule has 0 spiro atoms. The Morgan fingerprint density at radius 2 is 2.45 bits per heavy atom. The second-order valence-corrected chi connectivity index (χ2v) is 2.81. The Morgan fingerprint density at radius 1 is 1.64 bits per heavy atom. The Bertz CT molecular complexity index is 196. The van der Waals surface area contributed by atoms with Crippen LogP contribution in [0.4, 0.5) is 0 Å². The fourth-order valence-electron chi connectivity index (χ4n) is 0.646. The maximum Gasteiger partial charge on any atom is 0.145 e. The van der Waals surface area contributed by atoms with Crippen molar-refractivity contribution in [3.05, 3.63) is 24.5 Å². The third kappa shape index (κ3) is 3.03. The maximum atomic E-state index is 5.35. The van der Waals surface area contributed by atoms with Crippen molar-refractivity contribution in [1.29, 1.82) is 0 Å². The minimum absolute atomic E-state index is 0.545. The van der Waals surface area contributed by atoms with Gasteiger partial charge >= 0.3 is 0 Å². The molecule has 1 aromatic heterocycles. The van der Waals surface area contributed by atoms with E-state index in [0.717, 1.165) is 12.4 Å². The van der Waals surface area contributed by atoms with E-state index in [9.17, 15) is 0 Å². The molecule has 0 amide bonds. The molecule has 0 aromatic carbocycles. The van der Waals surface area contributed by atoms with Gasteiger partial charge < -0.3 is 4.74 Å². The fraction of sp³-hybridized carbons (Fsp3) is 0.444. The molecule has 0 atom stereocenters. The lowest BCUT2D eigenvalue weighted by atomic mass is 10.2. The van der Waals surface area contributed by atoms with Crippen LogP contribution in [0.15, 0.2) is 18.5 Å². The highest BCUT2D eigenvalue weighted by atomic mass is 16.5. The molecule has 0 unspecified atom stereocenters. The summed E-state index contributed by atoms with van der Waals surface area (Å²) in [5.41, 5.74) is 0. The van der Waals surface area contributed by atoms with E-state index in [1.807, 2.05) is 0 Å². The summed E-state index contributed by atoms with van der Waals surface area (Å²) in [6, 6.07) is 4.68. The van der Waals surface area contributed by atoms with Gasteiger partial charge in [0.25, 0.3) is 0 Å². The third-order valence-electron chi connectivity index (χ3n) is 1.15. The van der Waals surface area contributed by atoms with Crippen molar-refractivity contribution < 1.29 is 4.74 Å². The van der Waals surface area contributed by atoms with E-state index in [4.69, 9.17) is 4.74 Å². The van der Waals surface area contributed by atoms with Gasteiger partial charge in [-0.05, 0) is 12.0 Å². The van der Waals surface area contributed by atoms with E-state index in [2.05, 4.69) is 24.9 Å². The Kier molecular flexibility index (Phi) is 2.90. The van der Waals surface area contributed by atoms with Crippen LogP contribution in [0.1, 0.15) is 13.8 Å². The number of hydrogen-bond donors (Lipinski definition) is 0. The Labute approximate surface area is 67.2 Å². The van der Waals surface area contributed by atoms with Crippen LogP contribution in [0.3, 0.4) is 0 Å². The van der Waals surface area contributed by atoms with Gasteiger partial charge in [0.2, 0.25) is 0 Å². The molecule has 0 saturated carbocycles. The van der Waals surface area contributed by atoms with Crippen molar-refractivity contribution in [2.24, 2.45) is 5.92 Å². The zero-order valence-electron chi connectivity index (χ0n) is 6.87. The van der Waals surface area contributed by atoms with Gasteiger partial charge in [-0.1, -0.05) is 13.8 Å². The third-order valence-corrected chi connectivity index (χ3v) is 1.15. The summed E-state index contributed by atoms with van der Waals surface area (Å²) in [7, 11) is 0. The molecule has 0 aliphatic rings. The lowest BCUT2D eigenvalue weighted by molar-refractivity contribution is 0.269. The SMILES string of the molecule is CC(C)COc1[c]ccnc1. The molecule has 0 fully saturated rings. The predicted octanol–water partition coefficient (Wildman–Crippen LogP) is 1.92. The predicted molar refractivity (Wildman–Crippen MR) is 43.4 cm³/mol. The Hall–Kier alpha value is -1.05. The molecule has 0 aliphatic heterocycles. The topological polar surface area (TPSA) is 22.1 Å². The van der Waals surface area contributed by atoms with Crippen LogP contribution < -0.4 is 4.74 Å². The van der Waals surface area contributed by atoms with Crippen LogP contribution in [0.5, 0.6) is 5.75 Å². The molecule has 0 N–H and O–H groups in total. The van der Waals surface area contributed by atoms with E-state index in [-0.39, 0.29) is 0 Å². The summed E-state index contributed by atoms with van der Waals surface area (Å²) in [4.78, 5) is 3.91. The lowest BCUT2D eigenvalue weighted by Crippen LogP contribution is -2.04. The molecule has 0 aliphatic carbocycles. The monoisotopic (exact) mass is 150 g/mol. The fourth-order valence-corrected chi connectivity index (χ4v) is 0.646. The molecule has 1 heterocycles. The van der Waals surface area contributed by atoms with Crippen LogP contribution >= 0.6 is 0 Å². The number of ether oxygens (including phenoxy) is 1. The molecular weight excluding hydrogens is 138 g/mol. The van der Waals surface area contributed by atoms with E-state index in [1.54, 1.807) is 18.5 Å². The molecule has 2 heteroatoms. The van der Waals surface area contributed by atoms with Crippen LogP contribution in [-0.2, 0) is 0 Å². The Balaban J connectivity index is 2.39. The summed E-state index contributed by atoms with van der Waals surface area (Å²) in [5.74, 6) is 1.27. The summed E-state index contributed by atoms with van der Waals surface area (Å²) in [6.07, 6.45) is 3.35. The number of hydrogen-bond acceptors (Lipinski definition) is 2. The van der Waals surface area contributed by atoms with E-state index in [1.165, 1.54) is 0 Å². The standard InChI is InChI=1S/C9H12NO/c1-8(2)7-11-9-4-3-5-10-6-9/h3,5-6,8H,7H2,1-2H3.